The van der Waals surface area contributed by atoms with Crippen LogP contribution in [0.4, 0.5) is 4.39 Å². The summed E-state index contributed by atoms with van der Waals surface area (Å²) in [4.78, 5) is 0. The third kappa shape index (κ3) is 5.15. The molecule has 1 nitrogen and oxygen atoms in total. The van der Waals surface area contributed by atoms with Crippen molar-refractivity contribution in [1.29, 1.82) is 0 Å². The van der Waals surface area contributed by atoms with Crippen LogP contribution in [0.15, 0.2) is 72.8 Å². The average molecular weight is 350 g/mol. The molecule has 0 aliphatic heterocycles. The highest BCUT2D eigenvalue weighted by atomic mass is 19.1. The predicted octanol–water partition coefficient (Wildman–Crippen LogP) is 6.67. The molecule has 2 aromatic carbocycles. The number of hydrogen-bond donors (Lipinski definition) is 0. The van der Waals surface area contributed by atoms with E-state index in [1.165, 1.54) is 30.5 Å². The molecule has 3 rings (SSSR count). The van der Waals surface area contributed by atoms with Gasteiger partial charge >= 0.3 is 0 Å². The van der Waals surface area contributed by atoms with E-state index >= 15 is 0 Å². The minimum atomic E-state index is -0.193. The molecule has 26 heavy (non-hydrogen) atoms. The quantitative estimate of drug-likeness (QED) is 0.529. The maximum atomic E-state index is 13.1. The summed E-state index contributed by atoms with van der Waals surface area (Å²) in [5.41, 5.74) is 3.60. The van der Waals surface area contributed by atoms with Gasteiger partial charge in [-0.15, -0.1) is 0 Å². The molecule has 0 atom stereocenters. The molecule has 0 radical (unpaired) electrons. The number of rotatable bonds is 6. The Morgan fingerprint density at radius 3 is 2.12 bits per heavy atom. The van der Waals surface area contributed by atoms with Crippen LogP contribution in [-0.4, -0.2) is 12.7 Å². The average Bonchev–Trinajstić information content (AvgIpc) is 2.69. The van der Waals surface area contributed by atoms with Crippen LogP contribution in [0.1, 0.15) is 44.1 Å². The van der Waals surface area contributed by atoms with Gasteiger partial charge in [-0.2, -0.15) is 0 Å². The van der Waals surface area contributed by atoms with Crippen molar-refractivity contribution < 1.29 is 9.13 Å². The molecule has 136 valence electrons. The molecule has 0 N–H and O–H groups in total. The van der Waals surface area contributed by atoms with Crippen LogP contribution in [0.2, 0.25) is 0 Å². The van der Waals surface area contributed by atoms with Gasteiger partial charge < -0.3 is 4.74 Å². The van der Waals surface area contributed by atoms with E-state index in [9.17, 15) is 4.39 Å². The summed E-state index contributed by atoms with van der Waals surface area (Å²) in [6.45, 7) is 2.71. The molecule has 1 aliphatic carbocycles. The lowest BCUT2D eigenvalue weighted by atomic mass is 9.82. The first-order valence-corrected chi connectivity index (χ1v) is 9.51. The van der Waals surface area contributed by atoms with E-state index in [1.54, 1.807) is 0 Å². The number of allylic oxidation sites excluding steroid dienone is 3. The third-order valence-corrected chi connectivity index (χ3v) is 5.10. The molecule has 0 amide bonds. The molecule has 1 fully saturated rings. The van der Waals surface area contributed by atoms with Gasteiger partial charge in [0.2, 0.25) is 0 Å². The smallest absolute Gasteiger partial charge is 0.123 e. The molecule has 0 aromatic heterocycles. The Morgan fingerprint density at radius 2 is 1.50 bits per heavy atom. The fourth-order valence-corrected chi connectivity index (χ4v) is 3.59. The Hall–Kier alpha value is -2.19. The van der Waals surface area contributed by atoms with Crippen LogP contribution in [0.5, 0.6) is 0 Å². The molecule has 0 unspecified atom stereocenters. The van der Waals surface area contributed by atoms with E-state index in [0.717, 1.165) is 24.0 Å². The topological polar surface area (TPSA) is 9.23 Å². The first kappa shape index (κ1) is 18.6. The molecule has 0 saturated heterocycles. The molecule has 0 spiro atoms. The fraction of sp³-hybridized carbons (Fsp3) is 0.333. The minimum Gasteiger partial charge on any atom is -0.374 e. The normalized spacial score (nSPS) is 20.8. The summed E-state index contributed by atoms with van der Waals surface area (Å²) in [7, 11) is 0. The molecule has 2 aromatic rings. The highest BCUT2D eigenvalue weighted by Gasteiger charge is 2.22. The number of benzene rings is 2. The maximum Gasteiger partial charge on any atom is 0.123 e. The molecular weight excluding hydrogens is 323 g/mol. The zero-order chi connectivity index (χ0) is 18.2. The highest BCUT2D eigenvalue weighted by Crippen LogP contribution is 2.35. The molecule has 0 heterocycles. The lowest BCUT2D eigenvalue weighted by Crippen LogP contribution is -2.20. The zero-order valence-electron chi connectivity index (χ0n) is 15.4. The van der Waals surface area contributed by atoms with Crippen molar-refractivity contribution in [2.24, 2.45) is 0 Å². The monoisotopic (exact) mass is 350 g/mol. The molecule has 0 bridgehead atoms. The van der Waals surface area contributed by atoms with Gasteiger partial charge in [-0.1, -0.05) is 60.7 Å². The van der Waals surface area contributed by atoms with Crippen molar-refractivity contribution in [3.63, 3.8) is 0 Å². The predicted molar refractivity (Wildman–Crippen MR) is 107 cm³/mol. The Morgan fingerprint density at radius 1 is 0.885 bits per heavy atom. The molecule has 1 saturated carbocycles. The Labute approximate surface area is 156 Å². The second-order valence-corrected chi connectivity index (χ2v) is 6.89. The fourth-order valence-electron chi connectivity index (χ4n) is 3.59. The van der Waals surface area contributed by atoms with E-state index in [4.69, 9.17) is 4.74 Å². The Balaban J connectivity index is 1.51. The Bertz CT molecular complexity index is 720. The van der Waals surface area contributed by atoms with Crippen molar-refractivity contribution in [2.45, 2.75) is 44.6 Å². The van der Waals surface area contributed by atoms with Crippen molar-refractivity contribution in [3.8, 4) is 11.1 Å². The van der Waals surface area contributed by atoms with E-state index in [-0.39, 0.29) is 5.82 Å². The summed E-state index contributed by atoms with van der Waals surface area (Å²) >= 11 is 0. The van der Waals surface area contributed by atoms with Crippen molar-refractivity contribution in [2.75, 3.05) is 6.61 Å². The second kappa shape index (κ2) is 9.49. The lowest BCUT2D eigenvalue weighted by molar-refractivity contribution is 0.0422. The standard InChI is InChI=1S/C24H27FO/c1-2-3-4-5-18-26-24-16-12-22(13-17-24)20-8-6-19(7-9-20)21-10-14-23(25)15-11-21/h2-11,14-15,22,24H,12-13,16-18H2,1H3/b3-2+,5-4+. The second-order valence-electron chi connectivity index (χ2n) is 6.89. The van der Waals surface area contributed by atoms with E-state index in [0.29, 0.717) is 18.6 Å². The van der Waals surface area contributed by atoms with Crippen molar-refractivity contribution in [3.05, 3.63) is 84.2 Å². The zero-order valence-corrected chi connectivity index (χ0v) is 15.4. The number of halogens is 1. The van der Waals surface area contributed by atoms with Gasteiger partial charge in [-0.05, 0) is 67.3 Å². The van der Waals surface area contributed by atoms with Crippen LogP contribution in [0.25, 0.3) is 11.1 Å². The van der Waals surface area contributed by atoms with Crippen LogP contribution in [0, 0.1) is 5.82 Å². The number of hydrogen-bond acceptors (Lipinski definition) is 1. The van der Waals surface area contributed by atoms with E-state index < -0.39 is 0 Å². The van der Waals surface area contributed by atoms with Gasteiger partial charge in [-0.25, -0.2) is 4.39 Å². The molecular formula is C24H27FO. The van der Waals surface area contributed by atoms with Crippen LogP contribution in [-0.2, 0) is 4.74 Å². The first-order valence-electron chi connectivity index (χ1n) is 9.51. The molecule has 1 aliphatic rings. The number of ether oxygens (including phenoxy) is 1. The first-order chi connectivity index (χ1) is 12.8. The minimum absolute atomic E-state index is 0.193. The SMILES string of the molecule is C/C=C/C=C/COC1CCC(c2ccc(-c3ccc(F)cc3)cc2)CC1. The third-order valence-electron chi connectivity index (χ3n) is 5.10. The summed E-state index contributed by atoms with van der Waals surface area (Å²) in [6.07, 6.45) is 13.1. The van der Waals surface area contributed by atoms with Gasteiger partial charge in [0.25, 0.3) is 0 Å². The van der Waals surface area contributed by atoms with E-state index in [1.807, 2.05) is 37.3 Å². The van der Waals surface area contributed by atoms with Gasteiger partial charge in [0.05, 0.1) is 12.7 Å². The highest BCUT2D eigenvalue weighted by molar-refractivity contribution is 5.63. The summed E-state index contributed by atoms with van der Waals surface area (Å²) in [5, 5.41) is 0. The van der Waals surface area contributed by atoms with Gasteiger partial charge in [0.1, 0.15) is 5.82 Å². The maximum absolute atomic E-state index is 13.1. The summed E-state index contributed by atoms with van der Waals surface area (Å²) in [6, 6.07) is 15.4. The van der Waals surface area contributed by atoms with Gasteiger partial charge in [-0.3, -0.25) is 0 Å². The van der Waals surface area contributed by atoms with Gasteiger partial charge in [0.15, 0.2) is 0 Å². The van der Waals surface area contributed by atoms with E-state index in [2.05, 4.69) is 30.3 Å². The lowest BCUT2D eigenvalue weighted by Gasteiger charge is -2.28. The summed E-state index contributed by atoms with van der Waals surface area (Å²) in [5.74, 6) is 0.428. The van der Waals surface area contributed by atoms with Crippen molar-refractivity contribution >= 4 is 0 Å². The Kier molecular flexibility index (Phi) is 6.79. The summed E-state index contributed by atoms with van der Waals surface area (Å²) < 4.78 is 19.0. The molecule has 2 heteroatoms. The van der Waals surface area contributed by atoms with Crippen LogP contribution < -0.4 is 0 Å². The van der Waals surface area contributed by atoms with Crippen molar-refractivity contribution in [1.82, 2.24) is 0 Å². The van der Waals surface area contributed by atoms with Gasteiger partial charge in [0, 0.05) is 0 Å². The van der Waals surface area contributed by atoms with Crippen LogP contribution >= 0.6 is 0 Å². The van der Waals surface area contributed by atoms with Crippen LogP contribution in [0.3, 0.4) is 0 Å². The largest absolute Gasteiger partial charge is 0.374 e.